The molecule has 0 radical (unpaired) electrons. The standard InChI is InChI=1S/C12H13ClN4/c13-12-16-10(7-4-5-15-6-7)8-2-1-3-9(14)11(8)17-12/h1-3,7,15H,4-6,14H2. The van der Waals surface area contributed by atoms with Gasteiger partial charge in [0.1, 0.15) is 0 Å². The van der Waals surface area contributed by atoms with Crippen molar-refractivity contribution in [1.82, 2.24) is 15.3 Å². The van der Waals surface area contributed by atoms with E-state index in [0.717, 1.165) is 36.1 Å². The van der Waals surface area contributed by atoms with Gasteiger partial charge in [0.2, 0.25) is 5.28 Å². The number of nitrogens with two attached hydrogens (primary N) is 1. The molecule has 0 spiro atoms. The number of anilines is 1. The molecule has 3 N–H and O–H groups in total. The summed E-state index contributed by atoms with van der Waals surface area (Å²) in [5.74, 6) is 0.403. The first kappa shape index (κ1) is 10.7. The number of halogens is 1. The zero-order chi connectivity index (χ0) is 11.8. The second kappa shape index (κ2) is 4.13. The number of rotatable bonds is 1. The number of hydrogen-bond acceptors (Lipinski definition) is 4. The Balaban J connectivity index is 2.25. The summed E-state index contributed by atoms with van der Waals surface area (Å²) in [6.45, 7) is 1.97. The summed E-state index contributed by atoms with van der Waals surface area (Å²) in [7, 11) is 0. The van der Waals surface area contributed by atoms with Crippen LogP contribution in [0, 0.1) is 0 Å². The van der Waals surface area contributed by atoms with Crippen LogP contribution in [0.2, 0.25) is 5.28 Å². The van der Waals surface area contributed by atoms with Gasteiger partial charge < -0.3 is 11.1 Å². The molecule has 17 heavy (non-hydrogen) atoms. The van der Waals surface area contributed by atoms with Crippen LogP contribution < -0.4 is 11.1 Å². The van der Waals surface area contributed by atoms with Gasteiger partial charge in [-0.25, -0.2) is 9.97 Å². The summed E-state index contributed by atoms with van der Waals surface area (Å²) in [6, 6.07) is 5.78. The minimum Gasteiger partial charge on any atom is -0.397 e. The lowest BCUT2D eigenvalue weighted by molar-refractivity contribution is 0.740. The van der Waals surface area contributed by atoms with Crippen molar-refractivity contribution >= 4 is 28.2 Å². The van der Waals surface area contributed by atoms with Crippen molar-refractivity contribution in [3.8, 4) is 0 Å². The molecule has 2 aromatic rings. The SMILES string of the molecule is Nc1cccc2c(C3CCNC3)nc(Cl)nc12. The Morgan fingerprint density at radius 1 is 1.35 bits per heavy atom. The Morgan fingerprint density at radius 3 is 3.00 bits per heavy atom. The van der Waals surface area contributed by atoms with E-state index in [4.69, 9.17) is 17.3 Å². The molecule has 88 valence electrons. The van der Waals surface area contributed by atoms with Crippen molar-refractivity contribution in [3.05, 3.63) is 29.2 Å². The molecule has 0 amide bonds. The van der Waals surface area contributed by atoms with Gasteiger partial charge in [0.05, 0.1) is 16.9 Å². The van der Waals surface area contributed by atoms with E-state index >= 15 is 0 Å². The lowest BCUT2D eigenvalue weighted by Crippen LogP contribution is -2.10. The number of hydrogen-bond donors (Lipinski definition) is 2. The summed E-state index contributed by atoms with van der Waals surface area (Å²) in [6.07, 6.45) is 1.08. The highest BCUT2D eigenvalue weighted by atomic mass is 35.5. The molecule has 1 fully saturated rings. The van der Waals surface area contributed by atoms with Gasteiger partial charge in [-0.3, -0.25) is 0 Å². The second-order valence-electron chi connectivity index (χ2n) is 4.31. The van der Waals surface area contributed by atoms with Crippen molar-refractivity contribution in [3.63, 3.8) is 0 Å². The molecular weight excluding hydrogens is 236 g/mol. The first-order chi connectivity index (χ1) is 8.25. The van der Waals surface area contributed by atoms with Gasteiger partial charge >= 0.3 is 0 Å². The average molecular weight is 249 g/mol. The van der Waals surface area contributed by atoms with Crippen LogP contribution in [0.4, 0.5) is 5.69 Å². The molecular formula is C12H13ClN4. The summed E-state index contributed by atoms with van der Waals surface area (Å²) in [5, 5.41) is 4.63. The highest BCUT2D eigenvalue weighted by Crippen LogP contribution is 2.30. The monoisotopic (exact) mass is 248 g/mol. The molecule has 1 saturated heterocycles. The molecule has 0 saturated carbocycles. The van der Waals surface area contributed by atoms with Gasteiger partial charge in [-0.2, -0.15) is 0 Å². The van der Waals surface area contributed by atoms with Crippen LogP contribution in [-0.2, 0) is 0 Å². The van der Waals surface area contributed by atoms with Gasteiger partial charge in [-0.15, -0.1) is 0 Å². The lowest BCUT2D eigenvalue weighted by atomic mass is 10.00. The first-order valence-corrected chi connectivity index (χ1v) is 6.06. The normalized spacial score (nSPS) is 19.9. The molecule has 1 aromatic heterocycles. The van der Waals surface area contributed by atoms with Crippen LogP contribution in [0.5, 0.6) is 0 Å². The zero-order valence-electron chi connectivity index (χ0n) is 9.28. The molecule has 1 aliphatic rings. The van der Waals surface area contributed by atoms with E-state index in [2.05, 4.69) is 15.3 Å². The van der Waals surface area contributed by atoms with Gasteiger partial charge in [-0.1, -0.05) is 12.1 Å². The van der Waals surface area contributed by atoms with Crippen molar-refractivity contribution < 1.29 is 0 Å². The molecule has 5 heteroatoms. The molecule has 1 aromatic carbocycles. The Kier molecular flexibility index (Phi) is 2.61. The van der Waals surface area contributed by atoms with E-state index in [1.807, 2.05) is 18.2 Å². The summed E-state index contributed by atoms with van der Waals surface area (Å²) >= 11 is 5.98. The van der Waals surface area contributed by atoms with Crippen LogP contribution in [0.1, 0.15) is 18.0 Å². The average Bonchev–Trinajstić information content (AvgIpc) is 2.83. The van der Waals surface area contributed by atoms with E-state index < -0.39 is 0 Å². The third-order valence-electron chi connectivity index (χ3n) is 3.21. The third kappa shape index (κ3) is 1.83. The fourth-order valence-electron chi connectivity index (χ4n) is 2.37. The molecule has 0 bridgehead atoms. The van der Waals surface area contributed by atoms with E-state index in [9.17, 15) is 0 Å². The Bertz CT molecular complexity index is 564. The fourth-order valence-corrected chi connectivity index (χ4v) is 2.54. The van der Waals surface area contributed by atoms with Gasteiger partial charge in [0.25, 0.3) is 0 Å². The van der Waals surface area contributed by atoms with Gasteiger partial charge in [-0.05, 0) is 30.6 Å². The molecule has 4 nitrogen and oxygen atoms in total. The van der Waals surface area contributed by atoms with E-state index in [0.29, 0.717) is 11.6 Å². The maximum absolute atomic E-state index is 5.98. The molecule has 1 atom stereocenters. The smallest absolute Gasteiger partial charge is 0.223 e. The largest absolute Gasteiger partial charge is 0.397 e. The molecule has 2 heterocycles. The Morgan fingerprint density at radius 2 is 2.24 bits per heavy atom. The van der Waals surface area contributed by atoms with E-state index in [1.54, 1.807) is 0 Å². The van der Waals surface area contributed by atoms with Gasteiger partial charge in [0, 0.05) is 17.8 Å². The molecule has 0 aliphatic carbocycles. The maximum atomic E-state index is 5.98. The minimum atomic E-state index is 0.275. The topological polar surface area (TPSA) is 63.8 Å². The highest BCUT2D eigenvalue weighted by molar-refractivity contribution is 6.28. The zero-order valence-corrected chi connectivity index (χ0v) is 10.0. The number of para-hydroxylation sites is 1. The van der Waals surface area contributed by atoms with Crippen LogP contribution in [0.25, 0.3) is 10.9 Å². The Labute approximate surface area is 104 Å². The first-order valence-electron chi connectivity index (χ1n) is 5.68. The van der Waals surface area contributed by atoms with Gasteiger partial charge in [0.15, 0.2) is 0 Å². The number of nitrogens with zero attached hydrogens (tertiary/aromatic N) is 2. The van der Waals surface area contributed by atoms with Crippen molar-refractivity contribution in [2.24, 2.45) is 0 Å². The van der Waals surface area contributed by atoms with Crippen LogP contribution in [0.15, 0.2) is 18.2 Å². The summed E-state index contributed by atoms with van der Waals surface area (Å²) in [5.41, 5.74) is 8.35. The number of fused-ring (bicyclic) bond motifs is 1. The number of benzene rings is 1. The number of nitrogen functional groups attached to an aromatic ring is 1. The molecule has 1 aliphatic heterocycles. The second-order valence-corrected chi connectivity index (χ2v) is 4.65. The predicted octanol–water partition coefficient (Wildman–Crippen LogP) is 1.94. The summed E-state index contributed by atoms with van der Waals surface area (Å²) in [4.78, 5) is 8.60. The van der Waals surface area contributed by atoms with Crippen molar-refractivity contribution in [2.45, 2.75) is 12.3 Å². The van der Waals surface area contributed by atoms with Crippen molar-refractivity contribution in [1.29, 1.82) is 0 Å². The van der Waals surface area contributed by atoms with Crippen molar-refractivity contribution in [2.75, 3.05) is 18.8 Å². The lowest BCUT2D eigenvalue weighted by Gasteiger charge is -2.12. The molecule has 3 rings (SSSR count). The quantitative estimate of drug-likeness (QED) is 0.598. The highest BCUT2D eigenvalue weighted by Gasteiger charge is 2.21. The minimum absolute atomic E-state index is 0.275. The third-order valence-corrected chi connectivity index (χ3v) is 3.38. The van der Waals surface area contributed by atoms with Crippen LogP contribution in [0.3, 0.4) is 0 Å². The van der Waals surface area contributed by atoms with Crippen LogP contribution in [-0.4, -0.2) is 23.1 Å². The number of aromatic nitrogens is 2. The van der Waals surface area contributed by atoms with Crippen LogP contribution >= 0.6 is 11.6 Å². The fraction of sp³-hybridized carbons (Fsp3) is 0.333. The van der Waals surface area contributed by atoms with E-state index in [1.165, 1.54) is 0 Å². The predicted molar refractivity (Wildman–Crippen MR) is 69.2 cm³/mol. The Hall–Kier alpha value is -1.39. The maximum Gasteiger partial charge on any atom is 0.223 e. The summed E-state index contributed by atoms with van der Waals surface area (Å²) < 4.78 is 0. The molecule has 1 unspecified atom stereocenters. The van der Waals surface area contributed by atoms with E-state index in [-0.39, 0.29) is 5.28 Å². The number of nitrogens with one attached hydrogen (secondary N) is 1.